The number of benzene rings is 3. The molecule has 0 aliphatic carbocycles. The summed E-state index contributed by atoms with van der Waals surface area (Å²) in [6, 6.07) is 25.2. The summed E-state index contributed by atoms with van der Waals surface area (Å²) in [7, 11) is -0.376. The van der Waals surface area contributed by atoms with Crippen LogP contribution in [0.5, 0.6) is 0 Å². The average Bonchev–Trinajstić information content (AvgIpc) is 2.97. The van der Waals surface area contributed by atoms with Gasteiger partial charge in [0.2, 0.25) is 0 Å². The van der Waals surface area contributed by atoms with Crippen molar-refractivity contribution in [2.75, 3.05) is 0 Å². The Labute approximate surface area is 226 Å². The van der Waals surface area contributed by atoms with Crippen molar-refractivity contribution in [3.63, 3.8) is 0 Å². The topological polar surface area (TPSA) is 60.7 Å². The molecule has 3 rings (SSSR count). The molecule has 200 valence electrons. The van der Waals surface area contributed by atoms with Gasteiger partial charge < -0.3 is 15.3 Å². The van der Waals surface area contributed by atoms with Gasteiger partial charge in [-0.05, 0) is 91.6 Å². The highest BCUT2D eigenvalue weighted by Gasteiger charge is 2.33. The van der Waals surface area contributed by atoms with Gasteiger partial charge in [-0.3, -0.25) is 0 Å². The highest BCUT2D eigenvalue weighted by Crippen LogP contribution is 2.37. The standard InChI is InChI=1S/C33H45O3S/c1-7-31(34,8-2)25-13-19-28(20-14-25)37(29-21-15-26(16-22-29)32(35,9-3)10-4)30-23-17-27(18-24-30)33(36,11-5)12-6/h13-24,34-36H,7-12H2,1-6H3/q+1. The predicted octanol–water partition coefficient (Wildman–Crippen LogP) is 7.80. The van der Waals surface area contributed by atoms with Crippen LogP contribution in [0.15, 0.2) is 87.5 Å². The molecule has 3 N–H and O–H groups in total. The van der Waals surface area contributed by atoms with Crippen molar-refractivity contribution >= 4 is 10.9 Å². The second-order valence-corrected chi connectivity index (χ2v) is 12.1. The number of rotatable bonds is 12. The Morgan fingerprint density at radius 2 is 0.595 bits per heavy atom. The first-order valence-electron chi connectivity index (χ1n) is 13.9. The lowest BCUT2D eigenvalue weighted by Crippen LogP contribution is -2.24. The summed E-state index contributed by atoms with van der Waals surface area (Å²) in [5.74, 6) is 0. The fraction of sp³-hybridized carbons (Fsp3) is 0.455. The lowest BCUT2D eigenvalue weighted by atomic mass is 9.89. The Kier molecular flexibility index (Phi) is 9.68. The van der Waals surface area contributed by atoms with E-state index in [2.05, 4.69) is 72.8 Å². The molecule has 0 aromatic heterocycles. The Morgan fingerprint density at radius 1 is 0.405 bits per heavy atom. The summed E-state index contributed by atoms with van der Waals surface area (Å²) in [4.78, 5) is 3.50. The molecule has 0 saturated heterocycles. The first-order chi connectivity index (χ1) is 17.6. The largest absolute Gasteiger partial charge is 0.385 e. The van der Waals surface area contributed by atoms with Crippen molar-refractivity contribution in [3.05, 3.63) is 89.5 Å². The SMILES string of the molecule is CCC(O)(CC)c1ccc([S+](c2ccc(C(O)(CC)CC)cc2)c2ccc(C(O)(CC)CC)cc2)cc1. The van der Waals surface area contributed by atoms with E-state index in [0.29, 0.717) is 38.5 Å². The van der Waals surface area contributed by atoms with Gasteiger partial charge in [0.15, 0.2) is 14.7 Å². The van der Waals surface area contributed by atoms with E-state index >= 15 is 0 Å². The normalized spacial score (nSPS) is 12.8. The molecule has 0 radical (unpaired) electrons. The number of aliphatic hydroxyl groups is 3. The third-order valence-corrected chi connectivity index (χ3v) is 10.6. The zero-order valence-corrected chi connectivity index (χ0v) is 24.2. The lowest BCUT2D eigenvalue weighted by Gasteiger charge is -2.26. The van der Waals surface area contributed by atoms with E-state index in [-0.39, 0.29) is 10.9 Å². The number of hydrogen-bond acceptors (Lipinski definition) is 3. The van der Waals surface area contributed by atoms with Gasteiger partial charge in [0.25, 0.3) is 0 Å². The predicted molar refractivity (Wildman–Crippen MR) is 155 cm³/mol. The summed E-state index contributed by atoms with van der Waals surface area (Å²) in [5.41, 5.74) is 0.411. The van der Waals surface area contributed by atoms with E-state index in [4.69, 9.17) is 0 Å². The molecule has 3 aromatic carbocycles. The van der Waals surface area contributed by atoms with E-state index in [0.717, 1.165) is 16.7 Å². The van der Waals surface area contributed by atoms with E-state index in [1.165, 1.54) is 14.7 Å². The molecule has 0 atom stereocenters. The molecule has 3 nitrogen and oxygen atoms in total. The van der Waals surface area contributed by atoms with E-state index < -0.39 is 16.8 Å². The average molecular weight is 522 g/mol. The smallest absolute Gasteiger partial charge is 0.166 e. The second-order valence-electron chi connectivity index (χ2n) is 10.1. The molecule has 0 saturated carbocycles. The van der Waals surface area contributed by atoms with Gasteiger partial charge in [-0.25, -0.2) is 0 Å². The first-order valence-corrected chi connectivity index (χ1v) is 15.1. The van der Waals surface area contributed by atoms with Gasteiger partial charge in [0, 0.05) is 0 Å². The summed E-state index contributed by atoms with van der Waals surface area (Å²) >= 11 is 0. The molecule has 37 heavy (non-hydrogen) atoms. The van der Waals surface area contributed by atoms with Crippen molar-refractivity contribution in [1.82, 2.24) is 0 Å². The van der Waals surface area contributed by atoms with Gasteiger partial charge >= 0.3 is 0 Å². The molecular formula is C33H45O3S+. The molecule has 3 aromatic rings. The maximum absolute atomic E-state index is 11.0. The quantitative estimate of drug-likeness (QED) is 0.213. The highest BCUT2D eigenvalue weighted by molar-refractivity contribution is 7.97. The molecule has 0 amide bonds. The van der Waals surface area contributed by atoms with Crippen LogP contribution in [0.1, 0.15) is 96.8 Å². The van der Waals surface area contributed by atoms with Gasteiger partial charge in [-0.2, -0.15) is 0 Å². The van der Waals surface area contributed by atoms with Crippen LogP contribution in [0.2, 0.25) is 0 Å². The minimum absolute atomic E-state index is 0.376. The van der Waals surface area contributed by atoms with Gasteiger partial charge in [0.05, 0.1) is 27.7 Å². The van der Waals surface area contributed by atoms with Gasteiger partial charge in [-0.1, -0.05) is 77.9 Å². The fourth-order valence-electron chi connectivity index (χ4n) is 5.09. The van der Waals surface area contributed by atoms with Crippen LogP contribution in [0.3, 0.4) is 0 Å². The zero-order valence-electron chi connectivity index (χ0n) is 23.4. The Bertz CT molecular complexity index is 962. The van der Waals surface area contributed by atoms with Crippen LogP contribution in [-0.4, -0.2) is 15.3 Å². The molecular weight excluding hydrogens is 476 g/mol. The van der Waals surface area contributed by atoms with E-state index in [1.807, 2.05) is 41.5 Å². The molecule has 0 unspecified atom stereocenters. The second kappa shape index (κ2) is 12.2. The summed E-state index contributed by atoms with van der Waals surface area (Å²) in [5, 5.41) is 33.1. The highest BCUT2D eigenvalue weighted by atomic mass is 32.2. The zero-order chi connectivity index (χ0) is 27.3. The minimum Gasteiger partial charge on any atom is -0.385 e. The summed E-state index contributed by atoms with van der Waals surface area (Å²) in [6.45, 7) is 12.1. The van der Waals surface area contributed by atoms with Crippen LogP contribution >= 0.6 is 0 Å². The van der Waals surface area contributed by atoms with Crippen LogP contribution in [-0.2, 0) is 27.7 Å². The van der Waals surface area contributed by atoms with Crippen molar-refractivity contribution in [2.24, 2.45) is 0 Å². The lowest BCUT2D eigenvalue weighted by molar-refractivity contribution is 0.0280. The molecule has 0 heterocycles. The first kappa shape index (κ1) is 29.4. The molecule has 0 bridgehead atoms. The third-order valence-electron chi connectivity index (χ3n) is 8.39. The summed E-state index contributed by atoms with van der Waals surface area (Å²) in [6.07, 6.45) is 4.04. The molecule has 0 spiro atoms. The Balaban J connectivity index is 2.09. The minimum atomic E-state index is -0.810. The Morgan fingerprint density at radius 3 is 0.757 bits per heavy atom. The maximum atomic E-state index is 11.0. The molecule has 0 aliphatic rings. The van der Waals surface area contributed by atoms with Crippen molar-refractivity contribution in [3.8, 4) is 0 Å². The third kappa shape index (κ3) is 5.98. The van der Waals surface area contributed by atoms with Gasteiger partial charge in [-0.15, -0.1) is 0 Å². The fourth-order valence-corrected chi connectivity index (χ4v) is 7.13. The van der Waals surface area contributed by atoms with Crippen molar-refractivity contribution < 1.29 is 15.3 Å². The Hall–Kier alpha value is -2.11. The molecule has 0 fully saturated rings. The summed E-state index contributed by atoms with van der Waals surface area (Å²) < 4.78 is 0. The number of hydrogen-bond donors (Lipinski definition) is 3. The maximum Gasteiger partial charge on any atom is 0.166 e. The van der Waals surface area contributed by atoms with Crippen molar-refractivity contribution in [2.45, 2.75) is 112 Å². The molecule has 0 aliphatic heterocycles. The van der Waals surface area contributed by atoms with Crippen molar-refractivity contribution in [1.29, 1.82) is 0 Å². The monoisotopic (exact) mass is 521 g/mol. The van der Waals surface area contributed by atoms with Crippen LogP contribution in [0.25, 0.3) is 0 Å². The van der Waals surface area contributed by atoms with Crippen LogP contribution in [0.4, 0.5) is 0 Å². The van der Waals surface area contributed by atoms with Crippen LogP contribution < -0.4 is 0 Å². The van der Waals surface area contributed by atoms with E-state index in [9.17, 15) is 15.3 Å². The van der Waals surface area contributed by atoms with Gasteiger partial charge in [0.1, 0.15) is 0 Å². The van der Waals surface area contributed by atoms with E-state index in [1.54, 1.807) is 0 Å². The van der Waals surface area contributed by atoms with Crippen LogP contribution in [0, 0.1) is 0 Å². The molecule has 4 heteroatoms.